The highest BCUT2D eigenvalue weighted by Crippen LogP contribution is 2.40. The Kier molecular flexibility index (Phi) is 5.70. The molecule has 3 heterocycles. The monoisotopic (exact) mass is 399 g/mol. The molecule has 0 amide bonds. The van der Waals surface area contributed by atoms with Gasteiger partial charge in [0.1, 0.15) is 12.1 Å². The van der Waals surface area contributed by atoms with E-state index in [9.17, 15) is 0 Å². The lowest BCUT2D eigenvalue weighted by Crippen LogP contribution is -2.18. The van der Waals surface area contributed by atoms with Crippen LogP contribution in [0.5, 0.6) is 5.75 Å². The molecule has 28 heavy (non-hydrogen) atoms. The summed E-state index contributed by atoms with van der Waals surface area (Å²) >= 11 is 1.68. The van der Waals surface area contributed by atoms with Gasteiger partial charge in [0, 0.05) is 43.1 Å². The van der Waals surface area contributed by atoms with E-state index in [-0.39, 0.29) is 6.04 Å². The van der Waals surface area contributed by atoms with Crippen molar-refractivity contribution in [1.82, 2.24) is 25.1 Å². The first kappa shape index (κ1) is 19.0. The number of hydrogen-bond acceptors (Lipinski definition) is 7. The van der Waals surface area contributed by atoms with Crippen LogP contribution >= 0.6 is 11.3 Å². The average Bonchev–Trinajstić information content (AvgIpc) is 3.30. The van der Waals surface area contributed by atoms with Crippen molar-refractivity contribution in [2.75, 3.05) is 26.9 Å². The van der Waals surface area contributed by atoms with E-state index < -0.39 is 0 Å². The molecule has 0 saturated heterocycles. The number of nitrogens with zero attached hydrogens (tertiary/aromatic N) is 4. The minimum atomic E-state index is 0.241. The molecule has 1 aromatic carbocycles. The smallest absolute Gasteiger partial charge is 0.187 e. The first-order chi connectivity index (χ1) is 13.7. The van der Waals surface area contributed by atoms with Crippen LogP contribution in [0, 0.1) is 0 Å². The van der Waals surface area contributed by atoms with Crippen molar-refractivity contribution in [3.05, 3.63) is 35.0 Å². The number of rotatable bonds is 7. The molecular weight excluding hydrogens is 374 g/mol. The molecule has 8 heteroatoms. The number of methoxy groups -OCH3 is 1. The Hall–Kier alpha value is -2.29. The summed E-state index contributed by atoms with van der Waals surface area (Å²) in [4.78, 5) is 10.6. The standard InChI is InChI=1S/C20H25N5O2S/c1-13(2)25-19(22-12-23-25)20-24-18-15-5-4-14(11-21-7-9-26-3)10-16(15)27-8-6-17(18)28-20/h4-5,10,12-13,21H,6-9,11H2,1-3H3. The van der Waals surface area contributed by atoms with Crippen LogP contribution in [0.3, 0.4) is 0 Å². The minimum absolute atomic E-state index is 0.241. The van der Waals surface area contributed by atoms with Gasteiger partial charge in [0.05, 0.1) is 18.9 Å². The van der Waals surface area contributed by atoms with Crippen molar-refractivity contribution in [3.63, 3.8) is 0 Å². The van der Waals surface area contributed by atoms with Gasteiger partial charge in [0.2, 0.25) is 0 Å². The van der Waals surface area contributed by atoms with Gasteiger partial charge in [-0.05, 0) is 31.5 Å². The molecule has 0 atom stereocenters. The van der Waals surface area contributed by atoms with Crippen molar-refractivity contribution in [2.45, 2.75) is 32.9 Å². The molecule has 0 bridgehead atoms. The lowest BCUT2D eigenvalue weighted by atomic mass is 10.1. The molecule has 148 valence electrons. The predicted octanol–water partition coefficient (Wildman–Crippen LogP) is 3.32. The van der Waals surface area contributed by atoms with Crippen molar-refractivity contribution in [3.8, 4) is 27.8 Å². The third-order valence-corrected chi connectivity index (χ3v) is 5.76. The fraction of sp³-hybridized carbons (Fsp3) is 0.450. The molecule has 0 unspecified atom stereocenters. The summed E-state index contributed by atoms with van der Waals surface area (Å²) in [6.07, 6.45) is 2.45. The second-order valence-corrected chi connectivity index (χ2v) is 8.09. The molecule has 1 N–H and O–H groups in total. The van der Waals surface area contributed by atoms with Gasteiger partial charge in [-0.3, -0.25) is 0 Å². The molecule has 0 saturated carbocycles. The molecular formula is C20H25N5O2S. The van der Waals surface area contributed by atoms with E-state index in [4.69, 9.17) is 14.5 Å². The zero-order valence-corrected chi connectivity index (χ0v) is 17.3. The molecule has 1 aliphatic rings. The Balaban J connectivity index is 1.63. The largest absolute Gasteiger partial charge is 0.492 e. The lowest BCUT2D eigenvalue weighted by Gasteiger charge is -2.10. The second-order valence-electron chi connectivity index (χ2n) is 7.01. The van der Waals surface area contributed by atoms with E-state index in [1.807, 2.05) is 4.68 Å². The second kappa shape index (κ2) is 8.38. The van der Waals surface area contributed by atoms with Gasteiger partial charge < -0.3 is 14.8 Å². The first-order valence-corrected chi connectivity index (χ1v) is 10.3. The number of nitrogens with one attached hydrogen (secondary N) is 1. The highest BCUT2D eigenvalue weighted by atomic mass is 32.1. The van der Waals surface area contributed by atoms with E-state index in [2.05, 4.69) is 47.4 Å². The normalized spacial score (nSPS) is 13.1. The molecule has 0 radical (unpaired) electrons. The quantitative estimate of drug-likeness (QED) is 0.615. The van der Waals surface area contributed by atoms with Crippen molar-refractivity contribution < 1.29 is 9.47 Å². The summed E-state index contributed by atoms with van der Waals surface area (Å²) in [5.74, 6) is 1.72. The van der Waals surface area contributed by atoms with Gasteiger partial charge in [0.25, 0.3) is 0 Å². The third kappa shape index (κ3) is 3.80. The summed E-state index contributed by atoms with van der Waals surface area (Å²) in [5, 5.41) is 8.63. The van der Waals surface area contributed by atoms with E-state index in [1.165, 1.54) is 10.4 Å². The van der Waals surface area contributed by atoms with Crippen LogP contribution in [-0.4, -0.2) is 46.6 Å². The number of fused-ring (bicyclic) bond motifs is 3. The van der Waals surface area contributed by atoms with Crippen molar-refractivity contribution in [2.24, 2.45) is 0 Å². The average molecular weight is 400 g/mol. The van der Waals surface area contributed by atoms with Gasteiger partial charge in [-0.1, -0.05) is 6.07 Å². The van der Waals surface area contributed by atoms with Gasteiger partial charge in [-0.2, -0.15) is 5.10 Å². The maximum Gasteiger partial charge on any atom is 0.187 e. The number of aromatic nitrogens is 4. The highest BCUT2D eigenvalue weighted by molar-refractivity contribution is 7.15. The zero-order valence-electron chi connectivity index (χ0n) is 16.4. The van der Waals surface area contributed by atoms with Crippen LogP contribution in [0.1, 0.15) is 30.3 Å². The van der Waals surface area contributed by atoms with E-state index in [0.717, 1.165) is 47.3 Å². The molecule has 7 nitrogen and oxygen atoms in total. The van der Waals surface area contributed by atoms with Gasteiger partial charge in [-0.25, -0.2) is 14.6 Å². The van der Waals surface area contributed by atoms with Crippen molar-refractivity contribution in [1.29, 1.82) is 0 Å². The van der Waals surface area contributed by atoms with Crippen LogP contribution in [-0.2, 0) is 17.7 Å². The molecule has 0 spiro atoms. The molecule has 2 aromatic heterocycles. The fourth-order valence-electron chi connectivity index (χ4n) is 3.26. The Bertz CT molecular complexity index is 950. The summed E-state index contributed by atoms with van der Waals surface area (Å²) in [7, 11) is 1.71. The van der Waals surface area contributed by atoms with Crippen molar-refractivity contribution >= 4 is 11.3 Å². The topological polar surface area (TPSA) is 74.1 Å². The molecule has 1 aliphatic heterocycles. The fourth-order valence-corrected chi connectivity index (χ4v) is 4.31. The Morgan fingerprint density at radius 2 is 2.25 bits per heavy atom. The summed E-state index contributed by atoms with van der Waals surface area (Å²) in [5.41, 5.74) is 3.24. The van der Waals surface area contributed by atoms with E-state index in [0.29, 0.717) is 13.2 Å². The Morgan fingerprint density at radius 1 is 1.36 bits per heavy atom. The van der Waals surface area contributed by atoms with E-state index in [1.54, 1.807) is 24.8 Å². The summed E-state index contributed by atoms with van der Waals surface area (Å²) in [6, 6.07) is 6.60. The molecule has 0 fully saturated rings. The molecule has 3 aromatic rings. The molecule has 4 rings (SSSR count). The number of ether oxygens (including phenoxy) is 2. The van der Waals surface area contributed by atoms with E-state index >= 15 is 0 Å². The number of benzene rings is 1. The van der Waals surface area contributed by atoms with Crippen LogP contribution < -0.4 is 10.1 Å². The highest BCUT2D eigenvalue weighted by Gasteiger charge is 2.23. The summed E-state index contributed by atoms with van der Waals surface area (Å²) < 4.78 is 13.0. The van der Waals surface area contributed by atoms with Crippen LogP contribution in [0.15, 0.2) is 24.5 Å². The van der Waals surface area contributed by atoms with Crippen LogP contribution in [0.25, 0.3) is 22.1 Å². The number of hydrogen-bond donors (Lipinski definition) is 1. The van der Waals surface area contributed by atoms with Gasteiger partial charge >= 0.3 is 0 Å². The van der Waals surface area contributed by atoms with Gasteiger partial charge in [-0.15, -0.1) is 11.3 Å². The number of thiazole rings is 1. The summed E-state index contributed by atoms with van der Waals surface area (Å²) in [6.45, 7) is 7.16. The van der Waals surface area contributed by atoms with Crippen LogP contribution in [0.2, 0.25) is 0 Å². The maximum atomic E-state index is 6.03. The SMILES string of the molecule is COCCNCc1ccc2c(c1)OCCc1sc(-c3ncnn3C(C)C)nc1-2. The zero-order chi connectivity index (χ0) is 19.5. The molecule has 0 aliphatic carbocycles. The van der Waals surface area contributed by atoms with Gasteiger partial charge in [0.15, 0.2) is 10.8 Å². The first-order valence-electron chi connectivity index (χ1n) is 9.52. The minimum Gasteiger partial charge on any atom is -0.492 e. The Labute approximate surface area is 168 Å². The third-order valence-electron chi connectivity index (χ3n) is 4.65. The Morgan fingerprint density at radius 3 is 3.07 bits per heavy atom. The lowest BCUT2D eigenvalue weighted by molar-refractivity contribution is 0.199. The predicted molar refractivity (Wildman–Crippen MR) is 110 cm³/mol. The van der Waals surface area contributed by atoms with Crippen LogP contribution in [0.4, 0.5) is 0 Å². The maximum absolute atomic E-state index is 6.03.